The molecule has 0 radical (unpaired) electrons. The Balaban J connectivity index is 2.28. The van der Waals surface area contributed by atoms with Crippen molar-refractivity contribution in [3.8, 4) is 0 Å². The Morgan fingerprint density at radius 1 is 1.43 bits per heavy atom. The lowest BCUT2D eigenvalue weighted by molar-refractivity contribution is 0.509. The van der Waals surface area contributed by atoms with Gasteiger partial charge in [-0.3, -0.25) is 0 Å². The minimum absolute atomic E-state index is 0.194. The molecule has 1 atom stereocenters. The molecule has 1 heterocycles. The normalized spacial score (nSPS) is 17.9. The molecular weight excluding hydrogens is 199 g/mol. The van der Waals surface area contributed by atoms with Crippen LogP contribution in [0, 0.1) is 0 Å². The Bertz CT molecular complexity index is 364. The second-order valence-corrected chi connectivity index (χ2v) is 4.45. The van der Waals surface area contributed by atoms with Gasteiger partial charge in [-0.1, -0.05) is 12.1 Å². The van der Waals surface area contributed by atoms with Crippen LogP contribution in [0.1, 0.15) is 0 Å². The van der Waals surface area contributed by atoms with Crippen molar-refractivity contribution in [3.05, 3.63) is 24.3 Å². The summed E-state index contributed by atoms with van der Waals surface area (Å²) in [6.07, 6.45) is 0. The second kappa shape index (κ2) is 3.65. The standard InChI is InChI=1S/C9H11N2O2P/c10-7-5-11(6-7)8-3-1-2-4-9(8)14(12)13/h1-4,7H,5-6,10H2/p+1. The van der Waals surface area contributed by atoms with Crippen LogP contribution in [0.4, 0.5) is 5.69 Å². The van der Waals surface area contributed by atoms with Gasteiger partial charge in [-0.2, -0.15) is 4.89 Å². The van der Waals surface area contributed by atoms with Crippen LogP contribution in [-0.4, -0.2) is 24.0 Å². The SMILES string of the molecule is NC1CN(c2ccccc2[P+](=O)O)C1. The molecule has 4 nitrogen and oxygen atoms in total. The van der Waals surface area contributed by atoms with E-state index in [1.165, 1.54) is 0 Å². The first-order chi connectivity index (χ1) is 6.68. The van der Waals surface area contributed by atoms with Crippen LogP contribution in [0.3, 0.4) is 0 Å². The summed E-state index contributed by atoms with van der Waals surface area (Å²) in [6.45, 7) is 1.53. The number of benzene rings is 1. The molecule has 0 bridgehead atoms. The van der Waals surface area contributed by atoms with Gasteiger partial charge >= 0.3 is 8.03 Å². The van der Waals surface area contributed by atoms with Crippen molar-refractivity contribution in [2.24, 2.45) is 5.73 Å². The topological polar surface area (TPSA) is 66.6 Å². The number of nitrogens with zero attached hydrogens (tertiary/aromatic N) is 1. The van der Waals surface area contributed by atoms with Crippen molar-refractivity contribution in [3.63, 3.8) is 0 Å². The molecule has 0 saturated carbocycles. The molecule has 14 heavy (non-hydrogen) atoms. The van der Waals surface area contributed by atoms with E-state index in [-0.39, 0.29) is 6.04 Å². The fourth-order valence-electron chi connectivity index (χ4n) is 1.60. The first-order valence-electron chi connectivity index (χ1n) is 4.44. The van der Waals surface area contributed by atoms with E-state index in [9.17, 15) is 4.57 Å². The minimum atomic E-state index is -2.27. The molecule has 2 rings (SSSR count). The van der Waals surface area contributed by atoms with Crippen molar-refractivity contribution in [2.45, 2.75) is 6.04 Å². The lowest BCUT2D eigenvalue weighted by atomic mass is 10.1. The second-order valence-electron chi connectivity index (χ2n) is 3.43. The van der Waals surface area contributed by atoms with Gasteiger partial charge in [-0.15, -0.1) is 0 Å². The number of anilines is 1. The van der Waals surface area contributed by atoms with Crippen LogP contribution in [0.25, 0.3) is 0 Å². The smallest absolute Gasteiger partial charge is 0.365 e. The molecular formula is C9H12N2O2P+. The monoisotopic (exact) mass is 211 g/mol. The Labute approximate surface area is 83.2 Å². The predicted molar refractivity (Wildman–Crippen MR) is 56.1 cm³/mol. The molecule has 5 heteroatoms. The number of hydrogen-bond donors (Lipinski definition) is 2. The highest BCUT2D eigenvalue weighted by Gasteiger charge is 2.30. The highest BCUT2D eigenvalue weighted by Crippen LogP contribution is 2.25. The lowest BCUT2D eigenvalue weighted by Gasteiger charge is -2.38. The molecule has 1 aromatic carbocycles. The Hall–Kier alpha value is -0.960. The van der Waals surface area contributed by atoms with Gasteiger partial charge in [0.1, 0.15) is 0 Å². The van der Waals surface area contributed by atoms with Gasteiger partial charge < -0.3 is 10.6 Å². The van der Waals surface area contributed by atoms with Gasteiger partial charge in [0.15, 0.2) is 0 Å². The quantitative estimate of drug-likeness (QED) is 0.685. The number of hydrogen-bond acceptors (Lipinski definition) is 3. The van der Waals surface area contributed by atoms with E-state index in [1.54, 1.807) is 12.1 Å². The fourth-order valence-corrected chi connectivity index (χ4v) is 2.23. The molecule has 0 aliphatic carbocycles. The van der Waals surface area contributed by atoms with E-state index in [1.807, 2.05) is 17.0 Å². The molecule has 0 aromatic heterocycles. The summed E-state index contributed by atoms with van der Waals surface area (Å²) in [5.41, 5.74) is 6.49. The number of rotatable bonds is 2. The predicted octanol–water partition coefficient (Wildman–Crippen LogP) is 0.194. The molecule has 1 aliphatic heterocycles. The number of nitrogens with two attached hydrogens (primary N) is 1. The molecule has 1 fully saturated rings. The summed E-state index contributed by atoms with van der Waals surface area (Å²) in [6, 6.07) is 7.35. The fraction of sp³-hybridized carbons (Fsp3) is 0.333. The van der Waals surface area contributed by atoms with Crippen LogP contribution in [0.2, 0.25) is 0 Å². The van der Waals surface area contributed by atoms with Gasteiger partial charge in [0.05, 0.1) is 5.69 Å². The summed E-state index contributed by atoms with van der Waals surface area (Å²) in [7, 11) is -2.27. The van der Waals surface area contributed by atoms with Gasteiger partial charge in [-0.25, -0.2) is 0 Å². The van der Waals surface area contributed by atoms with Crippen molar-refractivity contribution < 1.29 is 9.46 Å². The van der Waals surface area contributed by atoms with Crippen LogP contribution in [-0.2, 0) is 4.57 Å². The van der Waals surface area contributed by atoms with Gasteiger partial charge in [0, 0.05) is 19.1 Å². The summed E-state index contributed by atoms with van der Waals surface area (Å²) in [4.78, 5) is 11.1. The average Bonchev–Trinajstić information content (AvgIpc) is 2.13. The first kappa shape index (κ1) is 9.59. The van der Waals surface area contributed by atoms with E-state index in [2.05, 4.69) is 0 Å². The van der Waals surface area contributed by atoms with Gasteiger partial charge in [0.25, 0.3) is 0 Å². The Morgan fingerprint density at radius 2 is 2.07 bits per heavy atom. The molecule has 1 aliphatic rings. The third kappa shape index (κ3) is 1.64. The van der Waals surface area contributed by atoms with Crippen LogP contribution >= 0.6 is 8.03 Å². The average molecular weight is 211 g/mol. The third-order valence-electron chi connectivity index (χ3n) is 2.34. The maximum Gasteiger partial charge on any atom is 0.548 e. The van der Waals surface area contributed by atoms with E-state index >= 15 is 0 Å². The van der Waals surface area contributed by atoms with E-state index in [4.69, 9.17) is 10.6 Å². The Kier molecular flexibility index (Phi) is 2.50. The molecule has 0 amide bonds. The van der Waals surface area contributed by atoms with Crippen molar-refractivity contribution >= 4 is 19.0 Å². The van der Waals surface area contributed by atoms with Crippen molar-refractivity contribution in [2.75, 3.05) is 18.0 Å². The van der Waals surface area contributed by atoms with Crippen LogP contribution in [0.5, 0.6) is 0 Å². The van der Waals surface area contributed by atoms with Crippen LogP contribution in [0.15, 0.2) is 24.3 Å². The maximum atomic E-state index is 11.0. The summed E-state index contributed by atoms with van der Waals surface area (Å²) >= 11 is 0. The summed E-state index contributed by atoms with van der Waals surface area (Å²) in [5, 5.41) is 0.495. The molecule has 1 saturated heterocycles. The van der Waals surface area contributed by atoms with Gasteiger partial charge in [0.2, 0.25) is 5.30 Å². The van der Waals surface area contributed by atoms with E-state index in [0.717, 1.165) is 18.8 Å². The zero-order valence-electron chi connectivity index (χ0n) is 7.63. The lowest BCUT2D eigenvalue weighted by Crippen LogP contribution is -2.56. The summed E-state index contributed by atoms with van der Waals surface area (Å²) < 4.78 is 11.0. The van der Waals surface area contributed by atoms with Gasteiger partial charge in [-0.05, 0) is 16.7 Å². The first-order valence-corrected chi connectivity index (χ1v) is 5.65. The highest BCUT2D eigenvalue weighted by atomic mass is 31.1. The Morgan fingerprint density at radius 3 is 2.64 bits per heavy atom. The molecule has 1 unspecified atom stereocenters. The highest BCUT2D eigenvalue weighted by molar-refractivity contribution is 7.47. The molecule has 1 aromatic rings. The molecule has 74 valence electrons. The largest absolute Gasteiger partial charge is 0.548 e. The number of para-hydroxylation sites is 1. The van der Waals surface area contributed by atoms with Crippen LogP contribution < -0.4 is 15.9 Å². The maximum absolute atomic E-state index is 11.0. The zero-order chi connectivity index (χ0) is 10.1. The molecule has 3 N–H and O–H groups in total. The van der Waals surface area contributed by atoms with Crippen molar-refractivity contribution in [1.29, 1.82) is 0 Å². The van der Waals surface area contributed by atoms with E-state index in [0.29, 0.717) is 5.30 Å². The third-order valence-corrected chi connectivity index (χ3v) is 3.13. The van der Waals surface area contributed by atoms with E-state index < -0.39 is 8.03 Å². The summed E-state index contributed by atoms with van der Waals surface area (Å²) in [5.74, 6) is 0. The van der Waals surface area contributed by atoms with Crippen molar-refractivity contribution in [1.82, 2.24) is 0 Å². The zero-order valence-corrected chi connectivity index (χ0v) is 8.52. The minimum Gasteiger partial charge on any atom is -0.365 e. The molecule has 0 spiro atoms.